The minimum absolute atomic E-state index is 0.0226. The van der Waals surface area contributed by atoms with Gasteiger partial charge in [-0.15, -0.1) is 0 Å². The Labute approximate surface area is 120 Å². The molecular weight excluding hydrogens is 321 g/mol. The zero-order chi connectivity index (χ0) is 14.5. The van der Waals surface area contributed by atoms with Crippen LogP contribution in [0.3, 0.4) is 0 Å². The molecule has 0 amide bonds. The third kappa shape index (κ3) is 6.40. The Hall–Kier alpha value is -0.590. The standard InChI is InChI=1S/C13H18BrF3N2/c1-10(7-18-9-13(15,16)17)19(2)8-11-5-3-4-6-12(11)14/h3-6,10,18H,7-9H2,1-2H3. The highest BCUT2D eigenvalue weighted by Gasteiger charge is 2.26. The molecule has 1 rings (SSSR count). The molecule has 0 spiro atoms. The lowest BCUT2D eigenvalue weighted by Crippen LogP contribution is -2.40. The lowest BCUT2D eigenvalue weighted by molar-refractivity contribution is -0.125. The fourth-order valence-electron chi connectivity index (χ4n) is 1.63. The second-order valence-electron chi connectivity index (χ2n) is 4.60. The fourth-order valence-corrected chi connectivity index (χ4v) is 2.04. The van der Waals surface area contributed by atoms with Crippen molar-refractivity contribution in [3.8, 4) is 0 Å². The molecule has 0 aliphatic carbocycles. The van der Waals surface area contributed by atoms with Crippen molar-refractivity contribution in [1.82, 2.24) is 10.2 Å². The zero-order valence-electron chi connectivity index (χ0n) is 11.0. The number of likely N-dealkylation sites (N-methyl/N-ethyl adjacent to an activating group) is 1. The molecule has 0 bridgehead atoms. The van der Waals surface area contributed by atoms with Gasteiger partial charge in [0.2, 0.25) is 0 Å². The number of hydrogen-bond acceptors (Lipinski definition) is 2. The van der Waals surface area contributed by atoms with Crippen molar-refractivity contribution in [2.45, 2.75) is 25.7 Å². The Morgan fingerprint density at radius 2 is 1.95 bits per heavy atom. The Bertz CT molecular complexity index is 396. The number of nitrogens with zero attached hydrogens (tertiary/aromatic N) is 1. The van der Waals surface area contributed by atoms with E-state index in [4.69, 9.17) is 0 Å². The van der Waals surface area contributed by atoms with Crippen LogP contribution in [0.2, 0.25) is 0 Å². The van der Waals surface area contributed by atoms with E-state index in [0.29, 0.717) is 13.1 Å². The van der Waals surface area contributed by atoms with E-state index in [1.807, 2.05) is 43.1 Å². The summed E-state index contributed by atoms with van der Waals surface area (Å²) >= 11 is 3.46. The van der Waals surface area contributed by atoms with Gasteiger partial charge in [0.15, 0.2) is 0 Å². The third-order valence-electron chi connectivity index (χ3n) is 2.90. The Balaban J connectivity index is 2.41. The number of alkyl halides is 3. The molecule has 19 heavy (non-hydrogen) atoms. The highest BCUT2D eigenvalue weighted by molar-refractivity contribution is 9.10. The van der Waals surface area contributed by atoms with Crippen molar-refractivity contribution >= 4 is 15.9 Å². The first-order valence-electron chi connectivity index (χ1n) is 6.00. The first-order valence-corrected chi connectivity index (χ1v) is 6.80. The van der Waals surface area contributed by atoms with E-state index in [9.17, 15) is 13.2 Å². The van der Waals surface area contributed by atoms with Gasteiger partial charge in [0.1, 0.15) is 0 Å². The number of rotatable bonds is 6. The summed E-state index contributed by atoms with van der Waals surface area (Å²) in [7, 11) is 1.90. The molecule has 1 aromatic carbocycles. The van der Waals surface area contributed by atoms with Crippen LogP contribution in [0, 0.1) is 0 Å². The predicted molar refractivity (Wildman–Crippen MR) is 74.0 cm³/mol. The first kappa shape index (κ1) is 16.5. The van der Waals surface area contributed by atoms with E-state index in [0.717, 1.165) is 10.0 Å². The monoisotopic (exact) mass is 338 g/mol. The van der Waals surface area contributed by atoms with Gasteiger partial charge >= 0.3 is 6.18 Å². The van der Waals surface area contributed by atoms with E-state index in [-0.39, 0.29) is 6.04 Å². The molecule has 2 nitrogen and oxygen atoms in total. The van der Waals surface area contributed by atoms with Crippen LogP contribution in [0.5, 0.6) is 0 Å². The van der Waals surface area contributed by atoms with Crippen LogP contribution in [-0.4, -0.2) is 37.3 Å². The Morgan fingerprint density at radius 1 is 1.32 bits per heavy atom. The SMILES string of the molecule is CC(CNCC(F)(F)F)N(C)Cc1ccccc1Br. The molecule has 0 fully saturated rings. The third-order valence-corrected chi connectivity index (χ3v) is 3.67. The second-order valence-corrected chi connectivity index (χ2v) is 5.46. The molecule has 0 aliphatic heterocycles. The lowest BCUT2D eigenvalue weighted by atomic mass is 10.2. The van der Waals surface area contributed by atoms with Crippen molar-refractivity contribution in [2.75, 3.05) is 20.1 Å². The summed E-state index contributed by atoms with van der Waals surface area (Å²) in [4.78, 5) is 2.02. The highest BCUT2D eigenvalue weighted by atomic mass is 79.9. The van der Waals surface area contributed by atoms with Crippen molar-refractivity contribution in [3.05, 3.63) is 34.3 Å². The number of halogens is 4. The van der Waals surface area contributed by atoms with Crippen LogP contribution in [0.25, 0.3) is 0 Å². The maximum atomic E-state index is 12.0. The van der Waals surface area contributed by atoms with Crippen LogP contribution < -0.4 is 5.32 Å². The maximum Gasteiger partial charge on any atom is 0.401 e. The zero-order valence-corrected chi connectivity index (χ0v) is 12.6. The van der Waals surface area contributed by atoms with Crippen LogP contribution in [0.1, 0.15) is 12.5 Å². The predicted octanol–water partition coefficient (Wildman–Crippen LogP) is 3.42. The van der Waals surface area contributed by atoms with E-state index < -0.39 is 12.7 Å². The smallest absolute Gasteiger partial charge is 0.307 e. The highest BCUT2D eigenvalue weighted by Crippen LogP contribution is 2.18. The minimum Gasteiger partial charge on any atom is -0.307 e. The summed E-state index contributed by atoms with van der Waals surface area (Å²) in [6, 6.07) is 7.85. The first-order chi connectivity index (χ1) is 8.79. The number of benzene rings is 1. The lowest BCUT2D eigenvalue weighted by Gasteiger charge is -2.25. The van der Waals surface area contributed by atoms with Crippen molar-refractivity contribution in [1.29, 1.82) is 0 Å². The van der Waals surface area contributed by atoms with Crippen LogP contribution in [-0.2, 0) is 6.54 Å². The van der Waals surface area contributed by atoms with Gasteiger partial charge in [-0.2, -0.15) is 13.2 Å². The van der Waals surface area contributed by atoms with Crippen molar-refractivity contribution in [2.24, 2.45) is 0 Å². The summed E-state index contributed by atoms with van der Waals surface area (Å²) < 4.78 is 37.1. The van der Waals surface area contributed by atoms with Crippen LogP contribution >= 0.6 is 15.9 Å². The summed E-state index contributed by atoms with van der Waals surface area (Å²) in [5.74, 6) is 0. The summed E-state index contributed by atoms with van der Waals surface area (Å²) in [6.45, 7) is 1.96. The number of nitrogens with one attached hydrogen (secondary N) is 1. The average Bonchev–Trinajstić information content (AvgIpc) is 2.30. The second kappa shape index (κ2) is 7.26. The van der Waals surface area contributed by atoms with Gasteiger partial charge in [-0.3, -0.25) is 4.90 Å². The molecule has 1 aromatic rings. The van der Waals surface area contributed by atoms with E-state index >= 15 is 0 Å². The molecule has 0 radical (unpaired) electrons. The summed E-state index contributed by atoms with van der Waals surface area (Å²) in [6.07, 6.45) is -4.15. The maximum absolute atomic E-state index is 12.0. The van der Waals surface area contributed by atoms with Crippen LogP contribution in [0.15, 0.2) is 28.7 Å². The van der Waals surface area contributed by atoms with Crippen molar-refractivity contribution < 1.29 is 13.2 Å². The minimum atomic E-state index is -4.15. The van der Waals surface area contributed by atoms with Gasteiger partial charge < -0.3 is 5.32 Å². The molecule has 108 valence electrons. The quantitative estimate of drug-likeness (QED) is 0.854. The van der Waals surface area contributed by atoms with Gasteiger partial charge in [0.25, 0.3) is 0 Å². The molecule has 1 atom stereocenters. The topological polar surface area (TPSA) is 15.3 Å². The van der Waals surface area contributed by atoms with Gasteiger partial charge in [-0.05, 0) is 25.6 Å². The number of hydrogen-bond donors (Lipinski definition) is 1. The summed E-state index contributed by atoms with van der Waals surface area (Å²) in [5.41, 5.74) is 1.12. The molecule has 0 saturated heterocycles. The van der Waals surface area contributed by atoms with E-state index in [1.54, 1.807) is 0 Å². The van der Waals surface area contributed by atoms with Gasteiger partial charge in [-0.25, -0.2) is 0 Å². The normalized spacial score (nSPS) is 13.8. The molecule has 0 saturated carbocycles. The van der Waals surface area contributed by atoms with E-state index in [1.165, 1.54) is 0 Å². The fraction of sp³-hybridized carbons (Fsp3) is 0.538. The van der Waals surface area contributed by atoms with Crippen molar-refractivity contribution in [3.63, 3.8) is 0 Å². The summed E-state index contributed by atoms with van der Waals surface area (Å²) in [5, 5.41) is 2.43. The van der Waals surface area contributed by atoms with Gasteiger partial charge in [0.05, 0.1) is 6.54 Å². The molecule has 0 aromatic heterocycles. The van der Waals surface area contributed by atoms with Gasteiger partial charge in [-0.1, -0.05) is 34.1 Å². The molecular formula is C13H18BrF3N2. The molecule has 0 heterocycles. The molecule has 6 heteroatoms. The van der Waals surface area contributed by atoms with Gasteiger partial charge in [0, 0.05) is 23.6 Å². The van der Waals surface area contributed by atoms with Crippen LogP contribution in [0.4, 0.5) is 13.2 Å². The van der Waals surface area contributed by atoms with E-state index in [2.05, 4.69) is 21.2 Å². The average molecular weight is 339 g/mol. The molecule has 1 unspecified atom stereocenters. The Kier molecular flexibility index (Phi) is 6.29. The largest absolute Gasteiger partial charge is 0.401 e. The molecule has 1 N–H and O–H groups in total. The molecule has 0 aliphatic rings. The Morgan fingerprint density at radius 3 is 2.53 bits per heavy atom.